The first-order chi connectivity index (χ1) is 14.5. The Balaban J connectivity index is 1.18. The molecule has 11 heteroatoms. The topological polar surface area (TPSA) is 79.5 Å². The Morgan fingerprint density at radius 3 is 2.42 bits per heavy atom. The van der Waals surface area contributed by atoms with Crippen LogP contribution in [0.2, 0.25) is 5.02 Å². The second-order valence-corrected chi connectivity index (χ2v) is 9.18. The van der Waals surface area contributed by atoms with Gasteiger partial charge in [0.15, 0.2) is 6.61 Å². The molecule has 170 valence electrons. The Labute approximate surface area is 181 Å². The summed E-state index contributed by atoms with van der Waals surface area (Å²) in [5.41, 5.74) is -0.795. The van der Waals surface area contributed by atoms with E-state index < -0.39 is 35.0 Å². The number of hydrogen-bond acceptors (Lipinski definition) is 4. The third kappa shape index (κ3) is 4.59. The van der Waals surface area contributed by atoms with Crippen LogP contribution in [0.25, 0.3) is 0 Å². The molecule has 0 radical (unpaired) electrons. The van der Waals surface area contributed by atoms with Crippen molar-refractivity contribution in [3.8, 4) is 5.75 Å². The highest BCUT2D eigenvalue weighted by molar-refractivity contribution is 6.30. The largest absolute Gasteiger partial charge is 0.484 e. The average Bonchev–Trinajstić information content (AvgIpc) is 2.65. The lowest BCUT2D eigenvalue weighted by atomic mass is 9.44. The zero-order chi connectivity index (χ0) is 22.4. The SMILES string of the molecule is O=C(COc1ccc(Cl)c(F)c1)NC12CC(NC(=O)C3CCC(C(F)(F)F)NC3)(C1)C2. The summed E-state index contributed by atoms with van der Waals surface area (Å²) < 4.78 is 56.8. The molecule has 1 aromatic rings. The number of carbonyl (C=O) groups excluding carboxylic acids is 2. The first-order valence-corrected chi connectivity index (χ1v) is 10.4. The van der Waals surface area contributed by atoms with Crippen LogP contribution < -0.4 is 20.7 Å². The summed E-state index contributed by atoms with van der Waals surface area (Å²) in [4.78, 5) is 24.6. The average molecular weight is 464 g/mol. The van der Waals surface area contributed by atoms with Crippen molar-refractivity contribution >= 4 is 23.4 Å². The summed E-state index contributed by atoms with van der Waals surface area (Å²) in [6, 6.07) is 2.33. The van der Waals surface area contributed by atoms with Crippen LogP contribution in [-0.4, -0.2) is 48.3 Å². The van der Waals surface area contributed by atoms with Crippen molar-refractivity contribution in [2.45, 2.75) is 55.4 Å². The summed E-state index contributed by atoms with van der Waals surface area (Å²) in [6.45, 7) is -0.285. The van der Waals surface area contributed by atoms with E-state index in [9.17, 15) is 27.2 Å². The van der Waals surface area contributed by atoms with Gasteiger partial charge in [-0.3, -0.25) is 9.59 Å². The van der Waals surface area contributed by atoms with Crippen LogP contribution in [0.5, 0.6) is 5.75 Å². The van der Waals surface area contributed by atoms with Gasteiger partial charge in [0.25, 0.3) is 5.91 Å². The normalized spacial score (nSPS) is 31.8. The van der Waals surface area contributed by atoms with Crippen LogP contribution >= 0.6 is 11.6 Å². The summed E-state index contributed by atoms with van der Waals surface area (Å²) in [5, 5.41) is 8.20. The molecule has 1 saturated heterocycles. The second kappa shape index (κ2) is 7.81. The molecule has 2 bridgehead atoms. The molecule has 2 amide bonds. The highest BCUT2D eigenvalue weighted by atomic mass is 35.5. The van der Waals surface area contributed by atoms with E-state index in [2.05, 4.69) is 16.0 Å². The fourth-order valence-corrected chi connectivity index (χ4v) is 4.94. The van der Waals surface area contributed by atoms with Gasteiger partial charge in [-0.25, -0.2) is 4.39 Å². The molecule has 2 atom stereocenters. The zero-order valence-electron chi connectivity index (χ0n) is 16.5. The van der Waals surface area contributed by atoms with Gasteiger partial charge in [0.05, 0.1) is 10.9 Å². The quantitative estimate of drug-likeness (QED) is 0.567. The van der Waals surface area contributed by atoms with Crippen molar-refractivity contribution in [3.05, 3.63) is 29.0 Å². The number of nitrogens with one attached hydrogen (secondary N) is 3. The third-order valence-corrected chi connectivity index (χ3v) is 6.57. The van der Waals surface area contributed by atoms with Crippen LogP contribution in [0.15, 0.2) is 18.2 Å². The van der Waals surface area contributed by atoms with Crippen LogP contribution in [0.4, 0.5) is 17.6 Å². The standard InChI is InChI=1S/C20H22ClF4N3O3/c21-13-3-2-12(5-14(13)22)31-7-16(29)27-18-8-19(9-18,10-18)28-17(30)11-1-4-15(26-6-11)20(23,24)25/h2-3,5,11,15,26H,1,4,6-10H2,(H,27,29)(H,28,30). The lowest BCUT2D eigenvalue weighted by Gasteiger charge is -2.70. The molecule has 1 aromatic carbocycles. The summed E-state index contributed by atoms with van der Waals surface area (Å²) in [7, 11) is 0. The molecule has 0 aromatic heterocycles. The Morgan fingerprint density at radius 1 is 1.16 bits per heavy atom. The monoisotopic (exact) mass is 463 g/mol. The van der Waals surface area contributed by atoms with Crippen LogP contribution in [-0.2, 0) is 9.59 Å². The lowest BCUT2D eigenvalue weighted by molar-refractivity contribution is -0.166. The van der Waals surface area contributed by atoms with Gasteiger partial charge in [-0.1, -0.05) is 11.6 Å². The molecule has 4 fully saturated rings. The Kier molecular flexibility index (Phi) is 5.58. The van der Waals surface area contributed by atoms with Crippen molar-refractivity contribution in [2.75, 3.05) is 13.2 Å². The molecule has 1 heterocycles. The van der Waals surface area contributed by atoms with E-state index in [1.54, 1.807) is 0 Å². The van der Waals surface area contributed by atoms with Gasteiger partial charge < -0.3 is 20.7 Å². The van der Waals surface area contributed by atoms with E-state index in [1.165, 1.54) is 12.1 Å². The minimum Gasteiger partial charge on any atom is -0.484 e. The molecule has 3 aliphatic carbocycles. The van der Waals surface area contributed by atoms with Crippen LogP contribution in [0.1, 0.15) is 32.1 Å². The Bertz CT molecular complexity index is 867. The summed E-state index contributed by atoms with van der Waals surface area (Å²) >= 11 is 5.60. The fourth-order valence-electron chi connectivity index (χ4n) is 4.82. The van der Waals surface area contributed by atoms with Gasteiger partial charge in [0.2, 0.25) is 5.91 Å². The molecule has 3 saturated carbocycles. The van der Waals surface area contributed by atoms with E-state index in [4.69, 9.17) is 16.3 Å². The van der Waals surface area contributed by atoms with Gasteiger partial charge in [-0.05, 0) is 44.2 Å². The van der Waals surface area contributed by atoms with Crippen molar-refractivity contribution in [1.29, 1.82) is 0 Å². The molecular formula is C20H22ClF4N3O3. The highest BCUT2D eigenvalue weighted by Gasteiger charge is 2.69. The summed E-state index contributed by atoms with van der Waals surface area (Å²) in [5.74, 6) is -1.55. The maximum atomic E-state index is 13.4. The van der Waals surface area contributed by atoms with Gasteiger partial charge in [-0.15, -0.1) is 0 Å². The van der Waals surface area contributed by atoms with E-state index >= 15 is 0 Å². The van der Waals surface area contributed by atoms with E-state index in [0.29, 0.717) is 19.3 Å². The van der Waals surface area contributed by atoms with Crippen molar-refractivity contribution in [3.63, 3.8) is 0 Å². The van der Waals surface area contributed by atoms with E-state index in [-0.39, 0.29) is 48.6 Å². The van der Waals surface area contributed by atoms with Crippen LogP contribution in [0, 0.1) is 11.7 Å². The molecule has 2 unspecified atom stereocenters. The molecule has 0 spiro atoms. The number of alkyl halides is 3. The van der Waals surface area contributed by atoms with Crippen molar-refractivity contribution in [1.82, 2.24) is 16.0 Å². The van der Waals surface area contributed by atoms with E-state index in [1.807, 2.05) is 0 Å². The molecular weight excluding hydrogens is 442 g/mol. The molecule has 6 nitrogen and oxygen atoms in total. The minimum atomic E-state index is -4.30. The first-order valence-electron chi connectivity index (χ1n) is 10.0. The number of benzene rings is 1. The van der Waals surface area contributed by atoms with Gasteiger partial charge in [0.1, 0.15) is 17.6 Å². The van der Waals surface area contributed by atoms with Crippen molar-refractivity contribution in [2.24, 2.45) is 5.92 Å². The molecule has 5 rings (SSSR count). The highest BCUT2D eigenvalue weighted by Crippen LogP contribution is 2.60. The lowest BCUT2D eigenvalue weighted by Crippen LogP contribution is -2.84. The minimum absolute atomic E-state index is 0.00337. The third-order valence-electron chi connectivity index (χ3n) is 6.26. The van der Waals surface area contributed by atoms with E-state index in [0.717, 1.165) is 6.07 Å². The predicted molar refractivity (Wildman–Crippen MR) is 103 cm³/mol. The summed E-state index contributed by atoms with van der Waals surface area (Å²) in [6.07, 6.45) is -2.53. The molecule has 31 heavy (non-hydrogen) atoms. The molecule has 3 N–H and O–H groups in total. The molecule has 1 aliphatic heterocycles. The number of ether oxygens (including phenoxy) is 1. The maximum absolute atomic E-state index is 13.4. The number of halogens is 5. The van der Waals surface area contributed by atoms with Gasteiger partial charge in [-0.2, -0.15) is 13.2 Å². The number of rotatable bonds is 6. The number of piperidine rings is 1. The maximum Gasteiger partial charge on any atom is 0.403 e. The number of hydrogen-bond donors (Lipinski definition) is 3. The fraction of sp³-hybridized carbons (Fsp3) is 0.600. The number of carbonyl (C=O) groups is 2. The Hall–Kier alpha value is -2.07. The van der Waals surface area contributed by atoms with Gasteiger partial charge in [0, 0.05) is 23.7 Å². The first kappa shape index (κ1) is 22.1. The molecule has 4 aliphatic rings. The van der Waals surface area contributed by atoms with Crippen molar-refractivity contribution < 1.29 is 31.9 Å². The Morgan fingerprint density at radius 2 is 1.84 bits per heavy atom. The van der Waals surface area contributed by atoms with Gasteiger partial charge >= 0.3 is 6.18 Å². The second-order valence-electron chi connectivity index (χ2n) is 8.77. The smallest absolute Gasteiger partial charge is 0.403 e. The van der Waals surface area contributed by atoms with Crippen LogP contribution in [0.3, 0.4) is 0 Å². The number of amides is 2. The predicted octanol–water partition coefficient (Wildman–Crippen LogP) is 2.70. The zero-order valence-corrected chi connectivity index (χ0v) is 17.2.